The number of aromatic nitrogens is 2. The van der Waals surface area contributed by atoms with Gasteiger partial charge in [0.15, 0.2) is 0 Å². The molecule has 0 saturated heterocycles. The number of rotatable bonds is 16. The first kappa shape index (κ1) is 27.4. The van der Waals surface area contributed by atoms with Crippen LogP contribution in [-0.4, -0.2) is 82.0 Å². The molecular weight excluding hydrogens is 438 g/mol. The molecule has 12 nitrogen and oxygen atoms in total. The van der Waals surface area contributed by atoms with Crippen LogP contribution in [0.1, 0.15) is 31.4 Å². The highest BCUT2D eigenvalue weighted by Gasteiger charge is 2.27. The largest absolute Gasteiger partial charge is 0.480 e. The Balaban J connectivity index is 2.61. The number of thioether (sulfide) groups is 1. The molecule has 3 amide bonds. The third-order valence-corrected chi connectivity index (χ3v) is 5.23. The molecule has 32 heavy (non-hydrogen) atoms. The molecule has 0 spiro atoms. The lowest BCUT2D eigenvalue weighted by Gasteiger charge is -2.21. The fraction of sp³-hybridized carbons (Fsp3) is 0.632. The summed E-state index contributed by atoms with van der Waals surface area (Å²) in [4.78, 5) is 55.1. The van der Waals surface area contributed by atoms with Gasteiger partial charge in [-0.1, -0.05) is 6.42 Å². The Hall–Kier alpha value is -2.64. The number of nitrogens with one attached hydrogen (secondary N) is 4. The number of nitrogens with zero attached hydrogens (tertiary/aromatic N) is 1. The van der Waals surface area contributed by atoms with Gasteiger partial charge in [0, 0.05) is 18.3 Å². The van der Waals surface area contributed by atoms with Gasteiger partial charge in [0.1, 0.15) is 12.1 Å². The minimum atomic E-state index is -1.21. The van der Waals surface area contributed by atoms with E-state index in [1.54, 1.807) is 0 Å². The van der Waals surface area contributed by atoms with Crippen molar-refractivity contribution in [2.24, 2.45) is 11.5 Å². The highest BCUT2D eigenvalue weighted by atomic mass is 32.2. The van der Waals surface area contributed by atoms with Gasteiger partial charge in [0.2, 0.25) is 17.7 Å². The minimum Gasteiger partial charge on any atom is -0.480 e. The summed E-state index contributed by atoms with van der Waals surface area (Å²) < 4.78 is 0. The van der Waals surface area contributed by atoms with Crippen molar-refractivity contribution in [3.63, 3.8) is 0 Å². The van der Waals surface area contributed by atoms with E-state index in [4.69, 9.17) is 11.5 Å². The highest BCUT2D eigenvalue weighted by Crippen LogP contribution is 2.04. The molecule has 13 heteroatoms. The molecule has 1 aromatic rings. The number of hydrogen-bond acceptors (Lipinski definition) is 8. The number of aliphatic carboxylic acids is 1. The molecule has 0 aliphatic carbocycles. The second kappa shape index (κ2) is 15.2. The topological polar surface area (TPSA) is 205 Å². The normalized spacial score (nSPS) is 13.6. The molecule has 0 aromatic carbocycles. The third kappa shape index (κ3) is 10.6. The highest BCUT2D eigenvalue weighted by molar-refractivity contribution is 7.98. The molecule has 0 radical (unpaired) electrons. The molecule has 3 atom stereocenters. The Labute approximate surface area is 191 Å². The number of nitrogens with two attached hydrogens (primary N) is 2. The number of carbonyl (C=O) groups excluding carboxylic acids is 3. The molecule has 9 N–H and O–H groups in total. The lowest BCUT2D eigenvalue weighted by molar-refractivity contribution is -0.142. The van der Waals surface area contributed by atoms with Crippen molar-refractivity contribution in [3.05, 3.63) is 18.2 Å². The first-order valence-corrected chi connectivity index (χ1v) is 11.7. The van der Waals surface area contributed by atoms with E-state index in [0.29, 0.717) is 37.3 Å². The summed E-state index contributed by atoms with van der Waals surface area (Å²) in [5.74, 6) is -2.31. The zero-order valence-electron chi connectivity index (χ0n) is 18.1. The van der Waals surface area contributed by atoms with Crippen LogP contribution in [0.5, 0.6) is 0 Å². The smallest absolute Gasteiger partial charge is 0.326 e. The lowest BCUT2D eigenvalue weighted by Crippen LogP contribution is -2.54. The zero-order chi connectivity index (χ0) is 23.9. The number of unbranched alkanes of at least 4 members (excludes halogenated alkanes) is 1. The minimum absolute atomic E-state index is 0.0162. The summed E-state index contributed by atoms with van der Waals surface area (Å²) in [7, 11) is 0. The molecule has 0 bridgehead atoms. The molecule has 0 saturated carbocycles. The van der Waals surface area contributed by atoms with Crippen LogP contribution in [0, 0.1) is 0 Å². The maximum Gasteiger partial charge on any atom is 0.326 e. The van der Waals surface area contributed by atoms with E-state index < -0.39 is 41.8 Å². The van der Waals surface area contributed by atoms with Crippen LogP contribution in [0.2, 0.25) is 0 Å². The summed E-state index contributed by atoms with van der Waals surface area (Å²) in [6.45, 7) is 0.170. The second-order valence-corrected chi connectivity index (χ2v) is 8.18. The van der Waals surface area contributed by atoms with E-state index in [1.165, 1.54) is 24.3 Å². The summed E-state index contributed by atoms with van der Waals surface area (Å²) in [5, 5.41) is 16.9. The van der Waals surface area contributed by atoms with E-state index in [1.807, 2.05) is 6.26 Å². The van der Waals surface area contributed by atoms with Crippen LogP contribution in [0.15, 0.2) is 12.5 Å². The second-order valence-electron chi connectivity index (χ2n) is 7.19. The maximum absolute atomic E-state index is 12.7. The number of aromatic amines is 1. The number of carboxylic acid groups (broad SMARTS) is 1. The van der Waals surface area contributed by atoms with Gasteiger partial charge in [-0.2, -0.15) is 11.8 Å². The van der Waals surface area contributed by atoms with Gasteiger partial charge in [-0.3, -0.25) is 14.4 Å². The van der Waals surface area contributed by atoms with Crippen LogP contribution in [0.25, 0.3) is 0 Å². The van der Waals surface area contributed by atoms with Crippen molar-refractivity contribution in [2.45, 2.75) is 50.2 Å². The summed E-state index contributed by atoms with van der Waals surface area (Å²) >= 11 is 1.48. The van der Waals surface area contributed by atoms with E-state index in [0.717, 1.165) is 6.42 Å². The van der Waals surface area contributed by atoms with Gasteiger partial charge < -0.3 is 37.5 Å². The number of hydrogen-bond donors (Lipinski definition) is 7. The Morgan fingerprint density at radius 1 is 1.16 bits per heavy atom. The average molecular weight is 472 g/mol. The molecule has 0 unspecified atom stereocenters. The molecule has 0 fully saturated rings. The van der Waals surface area contributed by atoms with E-state index in [9.17, 15) is 24.3 Å². The summed E-state index contributed by atoms with van der Waals surface area (Å²) in [6, 6.07) is -2.89. The quantitative estimate of drug-likeness (QED) is 0.137. The third-order valence-electron chi connectivity index (χ3n) is 4.59. The molecule has 1 aromatic heterocycles. The number of imidazole rings is 1. The Morgan fingerprint density at radius 3 is 2.50 bits per heavy atom. The molecule has 0 aliphatic rings. The van der Waals surface area contributed by atoms with Gasteiger partial charge in [-0.05, 0) is 37.8 Å². The monoisotopic (exact) mass is 471 g/mol. The van der Waals surface area contributed by atoms with Gasteiger partial charge in [0.05, 0.1) is 18.9 Å². The first-order chi connectivity index (χ1) is 15.3. The Kier molecular flexibility index (Phi) is 13.0. The van der Waals surface area contributed by atoms with Crippen molar-refractivity contribution in [1.82, 2.24) is 25.9 Å². The summed E-state index contributed by atoms with van der Waals surface area (Å²) in [6.07, 6.45) is 6.96. The SMILES string of the molecule is CSCC[C@H](NC(=O)CNC(=O)[C@@H](N)CCCCN)C(=O)N[C@@H](Cc1cnc[nH]1)C(=O)O. The molecule has 1 rings (SSSR count). The van der Waals surface area contributed by atoms with Gasteiger partial charge in [-0.25, -0.2) is 9.78 Å². The lowest BCUT2D eigenvalue weighted by atomic mass is 10.1. The van der Waals surface area contributed by atoms with Crippen LogP contribution >= 0.6 is 11.8 Å². The van der Waals surface area contributed by atoms with Crippen molar-refractivity contribution in [3.8, 4) is 0 Å². The van der Waals surface area contributed by atoms with Crippen LogP contribution in [0.4, 0.5) is 0 Å². The maximum atomic E-state index is 12.7. The predicted molar refractivity (Wildman–Crippen MR) is 121 cm³/mol. The number of H-pyrrole nitrogens is 1. The Morgan fingerprint density at radius 2 is 1.91 bits per heavy atom. The summed E-state index contributed by atoms with van der Waals surface area (Å²) in [5.41, 5.74) is 11.7. The van der Waals surface area contributed by atoms with Gasteiger partial charge in [0.25, 0.3) is 0 Å². The molecular formula is C19H33N7O5S. The zero-order valence-corrected chi connectivity index (χ0v) is 19.0. The van der Waals surface area contributed by atoms with Crippen molar-refractivity contribution >= 4 is 35.5 Å². The molecule has 180 valence electrons. The van der Waals surface area contributed by atoms with Gasteiger partial charge in [-0.15, -0.1) is 0 Å². The van der Waals surface area contributed by atoms with Crippen LogP contribution < -0.4 is 27.4 Å². The van der Waals surface area contributed by atoms with Crippen LogP contribution in [0.3, 0.4) is 0 Å². The van der Waals surface area contributed by atoms with Crippen molar-refractivity contribution < 1.29 is 24.3 Å². The number of carboxylic acids is 1. The molecule has 0 aliphatic heterocycles. The molecule has 1 heterocycles. The van der Waals surface area contributed by atoms with E-state index in [-0.39, 0.29) is 13.0 Å². The fourth-order valence-electron chi connectivity index (χ4n) is 2.78. The Bertz CT molecular complexity index is 732. The fourth-order valence-corrected chi connectivity index (χ4v) is 3.25. The standard InChI is InChI=1S/C19H33N7O5S/c1-32-7-5-14(18(29)26-15(19(30)31)8-12-9-22-11-24-12)25-16(27)10-23-17(28)13(21)4-2-3-6-20/h9,11,13-15H,2-8,10,20-21H2,1H3,(H,22,24)(H,23,28)(H,25,27)(H,26,29)(H,30,31)/t13-,14-,15-/m0/s1. The number of carbonyl (C=O) groups is 4. The van der Waals surface area contributed by atoms with Crippen molar-refractivity contribution in [1.29, 1.82) is 0 Å². The predicted octanol–water partition coefficient (Wildman–Crippen LogP) is -1.67. The van der Waals surface area contributed by atoms with E-state index >= 15 is 0 Å². The number of amides is 3. The van der Waals surface area contributed by atoms with E-state index in [2.05, 4.69) is 25.9 Å². The van der Waals surface area contributed by atoms with Crippen molar-refractivity contribution in [2.75, 3.05) is 25.1 Å². The first-order valence-electron chi connectivity index (χ1n) is 10.3. The van der Waals surface area contributed by atoms with Gasteiger partial charge >= 0.3 is 5.97 Å². The van der Waals surface area contributed by atoms with Crippen LogP contribution in [-0.2, 0) is 25.6 Å². The average Bonchev–Trinajstić information content (AvgIpc) is 3.27.